The van der Waals surface area contributed by atoms with Gasteiger partial charge in [0, 0.05) is 30.8 Å². The van der Waals surface area contributed by atoms with Gasteiger partial charge in [-0.05, 0) is 25.7 Å². The van der Waals surface area contributed by atoms with Gasteiger partial charge < -0.3 is 9.80 Å². The summed E-state index contributed by atoms with van der Waals surface area (Å²) in [6.45, 7) is 4.46. The van der Waals surface area contributed by atoms with E-state index in [1.165, 1.54) is 23.8 Å². The molecule has 136 valence electrons. The highest BCUT2D eigenvalue weighted by Crippen LogP contribution is 2.17. The second kappa shape index (κ2) is 8.43. The number of rotatable bonds is 4. The Hall–Kier alpha value is -1.95. The van der Waals surface area contributed by atoms with E-state index in [9.17, 15) is 14.9 Å². The molecule has 0 aromatic heterocycles. The zero-order valence-electron chi connectivity index (χ0n) is 14.8. The normalized spacial score (nSPS) is 24.6. The van der Waals surface area contributed by atoms with E-state index < -0.39 is 0 Å². The third-order valence-corrected chi connectivity index (χ3v) is 5.46. The summed E-state index contributed by atoms with van der Waals surface area (Å²) in [7, 11) is 0. The van der Waals surface area contributed by atoms with E-state index in [0.29, 0.717) is 5.91 Å². The van der Waals surface area contributed by atoms with Crippen LogP contribution in [-0.2, 0) is 11.3 Å². The van der Waals surface area contributed by atoms with Gasteiger partial charge in [0.2, 0.25) is 5.91 Å². The molecule has 2 saturated heterocycles. The smallest absolute Gasteiger partial charge is 0.269 e. The lowest BCUT2D eigenvalue weighted by molar-refractivity contribution is -0.921. The number of nitro benzene ring substituents is 1. The number of carbonyl (C=O) groups is 1. The average molecular weight is 346 g/mol. The van der Waals surface area contributed by atoms with Crippen molar-refractivity contribution < 1.29 is 14.6 Å². The first-order chi connectivity index (χ1) is 12.1. The molecule has 1 N–H and O–H groups in total. The summed E-state index contributed by atoms with van der Waals surface area (Å²) < 4.78 is 0. The molecule has 0 bridgehead atoms. The van der Waals surface area contributed by atoms with Crippen LogP contribution in [-0.4, -0.2) is 41.9 Å². The number of benzene rings is 1. The summed E-state index contributed by atoms with van der Waals surface area (Å²) in [5, 5.41) is 10.9. The monoisotopic (exact) mass is 346 g/mol. The van der Waals surface area contributed by atoms with Crippen LogP contribution in [0.3, 0.4) is 0 Å². The highest BCUT2D eigenvalue weighted by atomic mass is 16.6. The van der Waals surface area contributed by atoms with E-state index >= 15 is 0 Å². The lowest BCUT2D eigenvalue weighted by Crippen LogP contribution is -3.12. The first-order valence-electron chi connectivity index (χ1n) is 9.49. The standard InChI is InChI=1S/C19H27N3O3/c23-19(21-11-3-1-2-4-12-21)17-8-6-10-20(15-17)14-16-7-5-9-18(13-16)22(24)25/h5,7,9,13,17H,1-4,6,8,10-12,14-15H2/p+1/t17-/m0/s1. The Balaban J connectivity index is 1.60. The fourth-order valence-corrected chi connectivity index (χ4v) is 4.14. The minimum Gasteiger partial charge on any atom is -0.342 e. The Labute approximate surface area is 148 Å². The molecule has 0 saturated carbocycles. The quantitative estimate of drug-likeness (QED) is 0.668. The Kier molecular flexibility index (Phi) is 6.02. The van der Waals surface area contributed by atoms with E-state index in [4.69, 9.17) is 0 Å². The van der Waals surface area contributed by atoms with Gasteiger partial charge in [0.15, 0.2) is 0 Å². The third kappa shape index (κ3) is 4.78. The highest BCUT2D eigenvalue weighted by molar-refractivity contribution is 5.79. The van der Waals surface area contributed by atoms with Gasteiger partial charge in [0.05, 0.1) is 23.9 Å². The molecule has 1 amide bonds. The molecular weight excluding hydrogens is 318 g/mol. The first kappa shape index (κ1) is 17.9. The molecule has 2 heterocycles. The molecule has 1 aromatic carbocycles. The molecule has 0 spiro atoms. The largest absolute Gasteiger partial charge is 0.342 e. The molecule has 2 atom stereocenters. The van der Waals surface area contributed by atoms with Crippen LogP contribution >= 0.6 is 0 Å². The van der Waals surface area contributed by atoms with Crippen molar-refractivity contribution in [1.82, 2.24) is 4.90 Å². The molecule has 0 aliphatic carbocycles. The molecule has 3 rings (SSSR count). The molecule has 2 aliphatic rings. The summed E-state index contributed by atoms with van der Waals surface area (Å²) in [6, 6.07) is 6.88. The Bertz CT molecular complexity index is 612. The molecule has 1 unspecified atom stereocenters. The van der Waals surface area contributed by atoms with Crippen LogP contribution in [0.25, 0.3) is 0 Å². The van der Waals surface area contributed by atoms with Gasteiger partial charge >= 0.3 is 0 Å². The number of nitrogens with one attached hydrogen (secondary N) is 1. The molecule has 1 aromatic rings. The highest BCUT2D eigenvalue weighted by Gasteiger charge is 2.32. The van der Waals surface area contributed by atoms with Crippen molar-refractivity contribution in [3.63, 3.8) is 0 Å². The second-order valence-corrected chi connectivity index (χ2v) is 7.39. The maximum Gasteiger partial charge on any atom is 0.269 e. The molecule has 0 radical (unpaired) electrons. The topological polar surface area (TPSA) is 67.9 Å². The van der Waals surface area contributed by atoms with Crippen LogP contribution < -0.4 is 4.90 Å². The third-order valence-electron chi connectivity index (χ3n) is 5.46. The van der Waals surface area contributed by atoms with Crippen molar-refractivity contribution in [2.75, 3.05) is 26.2 Å². The first-order valence-corrected chi connectivity index (χ1v) is 9.49. The van der Waals surface area contributed by atoms with Crippen molar-refractivity contribution in [3.8, 4) is 0 Å². The van der Waals surface area contributed by atoms with Crippen LogP contribution in [0.1, 0.15) is 44.1 Å². The van der Waals surface area contributed by atoms with Gasteiger partial charge in [-0.3, -0.25) is 14.9 Å². The Morgan fingerprint density at radius 2 is 1.96 bits per heavy atom. The fraction of sp³-hybridized carbons (Fsp3) is 0.632. The lowest BCUT2D eigenvalue weighted by Gasteiger charge is -2.32. The van der Waals surface area contributed by atoms with Crippen molar-refractivity contribution in [2.45, 2.75) is 45.1 Å². The summed E-state index contributed by atoms with van der Waals surface area (Å²) in [5.74, 6) is 0.443. The fourth-order valence-electron chi connectivity index (χ4n) is 4.14. The number of carbonyl (C=O) groups excluding carboxylic acids is 1. The van der Waals surface area contributed by atoms with Crippen molar-refractivity contribution in [1.29, 1.82) is 0 Å². The van der Waals surface area contributed by atoms with Crippen LogP contribution in [0.2, 0.25) is 0 Å². The van der Waals surface area contributed by atoms with E-state index in [0.717, 1.165) is 64.0 Å². The van der Waals surface area contributed by atoms with E-state index in [2.05, 4.69) is 4.90 Å². The van der Waals surface area contributed by atoms with Crippen LogP contribution in [0, 0.1) is 16.0 Å². The van der Waals surface area contributed by atoms with Crippen molar-refractivity contribution >= 4 is 11.6 Å². The van der Waals surface area contributed by atoms with Crippen LogP contribution in [0.5, 0.6) is 0 Å². The van der Waals surface area contributed by atoms with Crippen molar-refractivity contribution in [2.24, 2.45) is 5.92 Å². The van der Waals surface area contributed by atoms with E-state index in [-0.39, 0.29) is 16.5 Å². The minimum atomic E-state index is -0.347. The number of amides is 1. The van der Waals surface area contributed by atoms with Gasteiger partial charge in [-0.1, -0.05) is 25.0 Å². The Morgan fingerprint density at radius 1 is 1.20 bits per heavy atom. The number of likely N-dealkylation sites (tertiary alicyclic amines) is 2. The van der Waals surface area contributed by atoms with Gasteiger partial charge in [-0.15, -0.1) is 0 Å². The maximum absolute atomic E-state index is 12.9. The summed E-state index contributed by atoms with van der Waals surface area (Å²) in [6.07, 6.45) is 6.75. The number of hydrogen-bond donors (Lipinski definition) is 1. The SMILES string of the molecule is O=C([C@H]1CCC[NH+](Cc2cccc([N+](=O)[O-])c2)C1)N1CCCCCC1. The maximum atomic E-state index is 12.9. The zero-order chi connectivity index (χ0) is 17.6. The molecule has 2 aliphatic heterocycles. The van der Waals surface area contributed by atoms with Gasteiger partial charge in [0.25, 0.3) is 5.69 Å². The Morgan fingerprint density at radius 3 is 2.68 bits per heavy atom. The predicted molar refractivity (Wildman–Crippen MR) is 95.3 cm³/mol. The van der Waals surface area contributed by atoms with Gasteiger partial charge in [0.1, 0.15) is 6.54 Å². The van der Waals surface area contributed by atoms with Crippen LogP contribution in [0.15, 0.2) is 24.3 Å². The van der Waals surface area contributed by atoms with E-state index in [1.54, 1.807) is 12.1 Å². The number of non-ortho nitro benzene ring substituents is 1. The summed E-state index contributed by atoms with van der Waals surface area (Å²) in [4.78, 5) is 26.9. The molecule has 25 heavy (non-hydrogen) atoms. The minimum absolute atomic E-state index is 0.112. The summed E-state index contributed by atoms with van der Waals surface area (Å²) >= 11 is 0. The number of piperidine rings is 1. The lowest BCUT2D eigenvalue weighted by atomic mass is 9.96. The zero-order valence-corrected chi connectivity index (χ0v) is 14.8. The number of nitro groups is 1. The molecule has 2 fully saturated rings. The average Bonchev–Trinajstić information content (AvgIpc) is 2.91. The number of quaternary nitrogens is 1. The summed E-state index contributed by atoms with van der Waals surface area (Å²) in [5.41, 5.74) is 1.12. The van der Waals surface area contributed by atoms with Gasteiger partial charge in [-0.2, -0.15) is 0 Å². The second-order valence-electron chi connectivity index (χ2n) is 7.39. The van der Waals surface area contributed by atoms with Crippen molar-refractivity contribution in [3.05, 3.63) is 39.9 Å². The number of nitrogens with zero attached hydrogens (tertiary/aromatic N) is 2. The predicted octanol–water partition coefficient (Wildman–Crippen LogP) is 1.79. The molecule has 6 nitrogen and oxygen atoms in total. The molecular formula is C19H28N3O3+. The van der Waals surface area contributed by atoms with Gasteiger partial charge in [-0.25, -0.2) is 0 Å². The van der Waals surface area contributed by atoms with E-state index in [1.807, 2.05) is 6.07 Å². The molecule has 6 heteroatoms. The van der Waals surface area contributed by atoms with Crippen LogP contribution in [0.4, 0.5) is 5.69 Å². The number of hydrogen-bond acceptors (Lipinski definition) is 3.